The number of benzene rings is 2. The van der Waals surface area contributed by atoms with E-state index in [0.29, 0.717) is 6.54 Å². The maximum Gasteiger partial charge on any atom is 0.244 e. The number of rotatable bonds is 6. The maximum absolute atomic E-state index is 12.4. The minimum absolute atomic E-state index is 0.146. The van der Waals surface area contributed by atoms with Gasteiger partial charge in [0, 0.05) is 0 Å². The van der Waals surface area contributed by atoms with Gasteiger partial charge in [0.15, 0.2) is 0 Å². The number of nitrogens with two attached hydrogens (primary N) is 1. The van der Waals surface area contributed by atoms with Crippen LogP contribution >= 0.6 is 0 Å². The molecule has 4 heteroatoms. The van der Waals surface area contributed by atoms with E-state index in [1.54, 1.807) is 6.92 Å². The number of nitrogens with one attached hydrogen (secondary N) is 1. The molecule has 0 spiro atoms. The van der Waals surface area contributed by atoms with Crippen LogP contribution in [-0.2, 0) is 10.3 Å². The van der Waals surface area contributed by atoms with Gasteiger partial charge in [0.25, 0.3) is 0 Å². The Balaban J connectivity index is 1.91. The van der Waals surface area contributed by atoms with Crippen LogP contribution < -0.4 is 15.8 Å². The Hall–Kier alpha value is -2.33. The topological polar surface area (TPSA) is 64.3 Å². The van der Waals surface area contributed by atoms with Crippen molar-refractivity contribution in [2.75, 3.05) is 6.54 Å². The number of carbonyl (C=O) groups excluding carboxylic acids is 1. The highest BCUT2D eigenvalue weighted by atomic mass is 16.5. The van der Waals surface area contributed by atoms with Crippen molar-refractivity contribution in [2.24, 2.45) is 5.73 Å². The van der Waals surface area contributed by atoms with Crippen LogP contribution in [0.3, 0.4) is 0 Å². The normalized spacial score (nSPS) is 14.6. The van der Waals surface area contributed by atoms with Gasteiger partial charge in [-0.3, -0.25) is 4.79 Å². The van der Waals surface area contributed by atoms with Crippen LogP contribution in [0, 0.1) is 6.92 Å². The molecular weight excluding hydrogens is 288 g/mol. The molecule has 0 aliphatic rings. The molecule has 2 aromatic rings. The fourth-order valence-corrected chi connectivity index (χ4v) is 2.30. The third kappa shape index (κ3) is 4.57. The first-order valence-corrected chi connectivity index (χ1v) is 7.75. The first-order chi connectivity index (χ1) is 10.9. The molecule has 0 saturated heterocycles. The quantitative estimate of drug-likeness (QED) is 0.862. The van der Waals surface area contributed by atoms with E-state index in [1.165, 1.54) is 0 Å². The van der Waals surface area contributed by atoms with Crippen LogP contribution in [0.5, 0.6) is 5.75 Å². The van der Waals surface area contributed by atoms with Gasteiger partial charge < -0.3 is 15.8 Å². The lowest BCUT2D eigenvalue weighted by Crippen LogP contribution is -2.50. The standard InChI is InChI=1S/C19H24N2O2/c1-14-8-7-11-17(12-14)23-15(2)13-21-18(22)19(3,20)16-9-5-4-6-10-16/h4-12,15H,13,20H2,1-3H3,(H,21,22). The number of hydrogen-bond donors (Lipinski definition) is 2. The largest absolute Gasteiger partial charge is 0.489 e. The van der Waals surface area contributed by atoms with Gasteiger partial charge in [0.1, 0.15) is 17.4 Å². The second-order valence-corrected chi connectivity index (χ2v) is 6.02. The van der Waals surface area contributed by atoms with E-state index in [9.17, 15) is 4.79 Å². The van der Waals surface area contributed by atoms with Crippen LogP contribution in [0.15, 0.2) is 54.6 Å². The van der Waals surface area contributed by atoms with E-state index in [4.69, 9.17) is 10.5 Å². The fraction of sp³-hybridized carbons (Fsp3) is 0.316. The van der Waals surface area contributed by atoms with Gasteiger partial charge in [0.05, 0.1) is 6.54 Å². The summed E-state index contributed by atoms with van der Waals surface area (Å²) < 4.78 is 5.81. The average Bonchev–Trinajstić information content (AvgIpc) is 2.53. The van der Waals surface area contributed by atoms with Crippen LogP contribution in [0.4, 0.5) is 0 Å². The summed E-state index contributed by atoms with van der Waals surface area (Å²) >= 11 is 0. The zero-order valence-corrected chi connectivity index (χ0v) is 13.9. The van der Waals surface area contributed by atoms with Crippen molar-refractivity contribution >= 4 is 5.91 Å². The highest BCUT2D eigenvalue weighted by molar-refractivity contribution is 5.86. The molecule has 0 saturated carbocycles. The summed E-state index contributed by atoms with van der Waals surface area (Å²) in [5.74, 6) is 0.578. The summed E-state index contributed by atoms with van der Waals surface area (Å²) in [6.45, 7) is 6.04. The van der Waals surface area contributed by atoms with E-state index in [1.807, 2.05) is 68.4 Å². The Labute approximate surface area is 137 Å². The molecule has 0 aliphatic heterocycles. The van der Waals surface area contributed by atoms with Crippen molar-refractivity contribution < 1.29 is 9.53 Å². The zero-order chi connectivity index (χ0) is 16.9. The van der Waals surface area contributed by atoms with Crippen molar-refractivity contribution in [1.29, 1.82) is 0 Å². The number of ether oxygens (including phenoxy) is 1. The van der Waals surface area contributed by atoms with Crippen LogP contribution in [0.2, 0.25) is 0 Å². The minimum atomic E-state index is -1.07. The van der Waals surface area contributed by atoms with Crippen molar-refractivity contribution in [2.45, 2.75) is 32.4 Å². The van der Waals surface area contributed by atoms with Gasteiger partial charge in [0.2, 0.25) is 5.91 Å². The minimum Gasteiger partial charge on any atom is -0.489 e. The first-order valence-electron chi connectivity index (χ1n) is 7.75. The maximum atomic E-state index is 12.4. The lowest BCUT2D eigenvalue weighted by Gasteiger charge is -2.25. The van der Waals surface area contributed by atoms with Gasteiger partial charge in [-0.25, -0.2) is 0 Å². The van der Waals surface area contributed by atoms with Gasteiger partial charge >= 0.3 is 0 Å². The predicted molar refractivity (Wildman–Crippen MR) is 92.3 cm³/mol. The number of aryl methyl sites for hydroxylation is 1. The Morgan fingerprint density at radius 2 is 1.91 bits per heavy atom. The number of carbonyl (C=O) groups is 1. The molecule has 2 rings (SSSR count). The third-order valence-corrected chi connectivity index (χ3v) is 3.72. The van der Waals surface area contributed by atoms with Crippen LogP contribution in [0.25, 0.3) is 0 Å². The lowest BCUT2D eigenvalue weighted by molar-refractivity contribution is -0.126. The molecule has 2 aromatic carbocycles. The van der Waals surface area contributed by atoms with Gasteiger partial charge in [-0.2, -0.15) is 0 Å². The molecule has 0 fully saturated rings. The fourth-order valence-electron chi connectivity index (χ4n) is 2.30. The Morgan fingerprint density at radius 3 is 2.57 bits per heavy atom. The predicted octanol–water partition coefficient (Wildman–Crippen LogP) is 2.75. The molecular formula is C19H24N2O2. The highest BCUT2D eigenvalue weighted by Gasteiger charge is 2.30. The van der Waals surface area contributed by atoms with Gasteiger partial charge in [-0.15, -0.1) is 0 Å². The Bertz CT molecular complexity index is 653. The molecule has 1 amide bonds. The molecule has 0 aromatic heterocycles. The molecule has 0 radical (unpaired) electrons. The smallest absolute Gasteiger partial charge is 0.244 e. The molecule has 0 bridgehead atoms. The van der Waals surface area contributed by atoms with Crippen molar-refractivity contribution in [1.82, 2.24) is 5.32 Å². The molecule has 23 heavy (non-hydrogen) atoms. The summed E-state index contributed by atoms with van der Waals surface area (Å²) in [6.07, 6.45) is -0.146. The first kappa shape index (κ1) is 17.0. The molecule has 4 nitrogen and oxygen atoms in total. The van der Waals surface area contributed by atoms with Gasteiger partial charge in [-0.1, -0.05) is 42.5 Å². The summed E-state index contributed by atoms with van der Waals surface area (Å²) in [7, 11) is 0. The molecule has 122 valence electrons. The average molecular weight is 312 g/mol. The van der Waals surface area contributed by atoms with Crippen LogP contribution in [0.1, 0.15) is 25.0 Å². The van der Waals surface area contributed by atoms with Crippen molar-refractivity contribution in [3.8, 4) is 5.75 Å². The molecule has 0 heterocycles. The van der Waals surface area contributed by atoms with Gasteiger partial charge in [-0.05, 0) is 44.0 Å². The summed E-state index contributed by atoms with van der Waals surface area (Å²) in [5.41, 5.74) is 7.04. The van der Waals surface area contributed by atoms with Crippen molar-refractivity contribution in [3.63, 3.8) is 0 Å². The number of amides is 1. The van der Waals surface area contributed by atoms with E-state index in [-0.39, 0.29) is 12.0 Å². The van der Waals surface area contributed by atoms with E-state index in [2.05, 4.69) is 5.32 Å². The Morgan fingerprint density at radius 1 is 1.22 bits per heavy atom. The summed E-state index contributed by atoms with van der Waals surface area (Å²) in [5, 5.41) is 2.87. The Kier molecular flexibility index (Phi) is 5.40. The molecule has 0 aliphatic carbocycles. The van der Waals surface area contributed by atoms with Crippen molar-refractivity contribution in [3.05, 3.63) is 65.7 Å². The lowest BCUT2D eigenvalue weighted by atomic mass is 9.92. The number of hydrogen-bond acceptors (Lipinski definition) is 3. The van der Waals surface area contributed by atoms with Crippen LogP contribution in [-0.4, -0.2) is 18.6 Å². The third-order valence-electron chi connectivity index (χ3n) is 3.72. The summed E-state index contributed by atoms with van der Waals surface area (Å²) in [4.78, 5) is 12.4. The molecule has 3 N–H and O–H groups in total. The van der Waals surface area contributed by atoms with E-state index in [0.717, 1.165) is 16.9 Å². The molecule has 2 atom stereocenters. The zero-order valence-electron chi connectivity index (χ0n) is 13.9. The highest BCUT2D eigenvalue weighted by Crippen LogP contribution is 2.18. The molecule has 2 unspecified atom stereocenters. The van der Waals surface area contributed by atoms with E-state index >= 15 is 0 Å². The monoisotopic (exact) mass is 312 g/mol. The second-order valence-electron chi connectivity index (χ2n) is 6.02. The van der Waals surface area contributed by atoms with E-state index < -0.39 is 5.54 Å². The SMILES string of the molecule is Cc1cccc(OC(C)CNC(=O)C(C)(N)c2ccccc2)c1. The summed E-state index contributed by atoms with van der Waals surface area (Å²) in [6, 6.07) is 17.2. The second kappa shape index (κ2) is 7.29.